The number of hydrogen-bond donors (Lipinski definition) is 5. The van der Waals surface area contributed by atoms with E-state index in [-0.39, 0.29) is 90.9 Å². The van der Waals surface area contributed by atoms with Gasteiger partial charge in [0.2, 0.25) is 30.3 Å². The zero-order valence-electron chi connectivity index (χ0n) is 84.7. The number of aryl methyl sites for hydroxylation is 2. The molecule has 4 saturated heterocycles. The number of alkyl halides is 4. The first kappa shape index (κ1) is 114. The normalized spacial score (nSPS) is 21.7. The Labute approximate surface area is 871 Å². The number of H-pyrrole nitrogens is 2. The van der Waals surface area contributed by atoms with Crippen molar-refractivity contribution in [1.82, 2.24) is 78.1 Å². The van der Waals surface area contributed by atoms with Crippen LogP contribution in [0.5, 0.6) is 23.0 Å². The molecule has 149 heavy (non-hydrogen) atoms. The number of nitrogens with zero attached hydrogens (tertiary/aromatic N) is 15. The van der Waals surface area contributed by atoms with Crippen molar-refractivity contribution in [3.05, 3.63) is 286 Å². The predicted octanol–water partition coefficient (Wildman–Crippen LogP) is 16.9. The van der Waals surface area contributed by atoms with E-state index in [4.69, 9.17) is 72.0 Å². The third-order valence-corrected chi connectivity index (χ3v) is 26.5. The number of aliphatic hydroxyl groups excluding tert-OH is 1. The molecule has 0 saturated carbocycles. The molecule has 4 aliphatic rings. The van der Waals surface area contributed by atoms with Crippen molar-refractivity contribution in [2.75, 3.05) is 72.1 Å². The van der Waals surface area contributed by atoms with Crippen molar-refractivity contribution >= 4 is 85.8 Å². The molecule has 0 bridgehead atoms. The first-order valence-corrected chi connectivity index (χ1v) is 50.7. The average Bonchev–Trinajstić information content (AvgIpc) is 1.58. The van der Waals surface area contributed by atoms with Crippen LogP contribution in [-0.4, -0.2) is 230 Å². The fourth-order valence-electron chi connectivity index (χ4n) is 17.4. The summed E-state index contributed by atoms with van der Waals surface area (Å²) in [4.78, 5) is 101. The Morgan fingerprint density at radius 3 is 1.16 bits per heavy atom. The first-order chi connectivity index (χ1) is 71.6. The summed E-state index contributed by atoms with van der Waals surface area (Å²) in [6.45, 7) is 33.2. The molecular weight excluding hydrogens is 2020 g/mol. The molecule has 4 aliphatic heterocycles. The number of benzene rings is 6. The van der Waals surface area contributed by atoms with E-state index in [0.717, 1.165) is 29.5 Å². The van der Waals surface area contributed by atoms with Gasteiger partial charge < -0.3 is 89.3 Å². The van der Waals surface area contributed by atoms with E-state index >= 15 is 17.6 Å². The first-order valence-electron chi connectivity index (χ1n) is 48.2. The van der Waals surface area contributed by atoms with Crippen molar-refractivity contribution in [3.8, 4) is 23.0 Å². The molecule has 14 aromatic rings. The zero-order valence-corrected chi connectivity index (χ0v) is 87.6. The topological polar surface area (TPSA) is 426 Å². The minimum Gasteiger partial charge on any atom is -0.497 e. The van der Waals surface area contributed by atoms with Crippen LogP contribution in [0.4, 0.5) is 29.5 Å². The second-order valence-electron chi connectivity index (χ2n) is 35.1. The fourth-order valence-corrected chi connectivity index (χ4v) is 19.1. The van der Waals surface area contributed by atoms with Crippen molar-refractivity contribution < 1.29 is 114 Å². The van der Waals surface area contributed by atoms with Crippen molar-refractivity contribution in [2.24, 2.45) is 11.8 Å². The Hall–Kier alpha value is -12.6. The number of carbonyl (C=O) groups excluding carboxylic acids is 2. The van der Waals surface area contributed by atoms with E-state index in [2.05, 4.69) is 89.1 Å². The molecule has 6 unspecified atom stereocenters. The molecule has 6 aromatic carbocycles. The molecule has 18 rings (SSSR count). The molecule has 8 aromatic heterocycles. The summed E-state index contributed by atoms with van der Waals surface area (Å²) in [6, 6.07) is 48.5. The summed E-state index contributed by atoms with van der Waals surface area (Å²) >= 11 is 0. The Bertz CT molecular complexity index is 6790. The monoisotopic (exact) mass is 2140 g/mol. The molecular formula is C104H121F4N19NiO19P2. The molecule has 0 aliphatic carbocycles. The van der Waals surface area contributed by atoms with Crippen LogP contribution in [0.15, 0.2) is 205 Å². The Morgan fingerprint density at radius 1 is 0.483 bits per heavy atom. The number of fused-ring (bicyclic) bond motifs is 4. The predicted molar refractivity (Wildman–Crippen MR) is 546 cm³/mol. The number of aromatic nitrogens is 16. The van der Waals surface area contributed by atoms with Crippen LogP contribution in [-0.2, 0) is 83.8 Å². The van der Waals surface area contributed by atoms with Gasteiger partial charge in [-0.1, -0.05) is 165 Å². The quantitative estimate of drug-likeness (QED) is 0.00615. The number of halogens is 4. The van der Waals surface area contributed by atoms with Crippen LogP contribution in [0.1, 0.15) is 151 Å². The summed E-state index contributed by atoms with van der Waals surface area (Å²) in [5, 5.41) is 15.5. The molecule has 38 nitrogen and oxygen atoms in total. The van der Waals surface area contributed by atoms with Crippen LogP contribution in [0, 0.1) is 46.1 Å². The maximum atomic E-state index is 18.0. The number of nitrogens with one attached hydrogen (secondary N) is 4. The van der Waals surface area contributed by atoms with Gasteiger partial charge in [-0.2, -0.15) is 22.8 Å². The largest absolute Gasteiger partial charge is 2.00 e. The Morgan fingerprint density at radius 2 is 0.812 bits per heavy atom. The summed E-state index contributed by atoms with van der Waals surface area (Å²) in [5.74, 6) is 0.927. The average molecular weight is 2140 g/mol. The van der Waals surface area contributed by atoms with Gasteiger partial charge >= 0.3 is 25.1 Å². The van der Waals surface area contributed by atoms with E-state index in [9.17, 15) is 24.3 Å². The summed E-state index contributed by atoms with van der Waals surface area (Å²) in [5.41, 5.74) is 3.20. The molecule has 4 fully saturated rings. The molecule has 5 N–H and O–H groups in total. The number of hydrogen-bond acceptors (Lipinski definition) is 29. The van der Waals surface area contributed by atoms with E-state index in [1.54, 1.807) is 94.2 Å². The third-order valence-electron chi connectivity index (χ3n) is 24.8. The van der Waals surface area contributed by atoms with Crippen LogP contribution in [0.3, 0.4) is 0 Å². The van der Waals surface area contributed by atoms with Gasteiger partial charge in [0.15, 0.2) is 83.2 Å². The SMILES string of the molecule is CC[C@H]1O[C@@H](n2cnc3c(=O)[nH]c(NC(=O)C(C)C)nc32)[C@@H](F)C1OPC.COc1ccc(C(OC2[C@@H](CO)O[C@@H](n3cnc4c(C)ncnc43)[C@H]2F)(c2ccccc2)c2ccc(OC)cc2)cc1.[C-]#[N+]CCOP(OC[C@H]1O[C@@H](n2cnc3c(C)ncnc32)[C@@H](F)C1OC(c1ccccc1)(c1ccc(OC)cc1)c1ccc(OC)cc1)OC1[C@@H](CC)O[C@@H](n2cnc3c(=O)[nH]c(NC(=O)C(C)C)nc32)[C@H]1F.[CH2-]CC.[CH2-]CC.[Ni+2]. The Balaban J connectivity index is 0.000000204. The summed E-state index contributed by atoms with van der Waals surface area (Å²) in [6.07, 6.45) is -8.90. The van der Waals surface area contributed by atoms with Gasteiger partial charge in [0.1, 0.15) is 101 Å². The second kappa shape index (κ2) is 52.2. The van der Waals surface area contributed by atoms with Crippen molar-refractivity contribution in [3.63, 3.8) is 0 Å². The van der Waals surface area contributed by atoms with Crippen molar-refractivity contribution in [1.29, 1.82) is 0 Å². The molecule has 2 amide bonds. The van der Waals surface area contributed by atoms with Gasteiger partial charge in [-0.3, -0.25) is 58.0 Å². The van der Waals surface area contributed by atoms with Gasteiger partial charge in [-0.15, -0.1) is 0 Å². The van der Waals surface area contributed by atoms with Crippen LogP contribution >= 0.6 is 17.4 Å². The number of methoxy groups -OCH3 is 4. The van der Waals surface area contributed by atoms with E-state index in [0.29, 0.717) is 79.8 Å². The van der Waals surface area contributed by atoms with Gasteiger partial charge in [0.05, 0.1) is 90.6 Å². The molecule has 12 heterocycles. The van der Waals surface area contributed by atoms with Gasteiger partial charge in [0, 0.05) is 20.6 Å². The number of aromatic amines is 2. The minimum atomic E-state index is -2.53. The second-order valence-corrected chi connectivity index (χ2v) is 37.0. The van der Waals surface area contributed by atoms with E-state index in [1.807, 2.05) is 168 Å². The minimum absolute atomic E-state index is 0. The number of ether oxygens (including phenoxy) is 10. The van der Waals surface area contributed by atoms with E-state index in [1.165, 1.54) is 56.2 Å². The zero-order chi connectivity index (χ0) is 106. The summed E-state index contributed by atoms with van der Waals surface area (Å²) < 4.78 is 158. The molecule has 18 atom stereocenters. The molecule has 0 radical (unpaired) electrons. The van der Waals surface area contributed by atoms with E-state index < -0.39 is 154 Å². The maximum Gasteiger partial charge on any atom is 2.00 e. The standard InChI is InChI=1S/C50H53F2N10O10P.C32H31FN4O5.C16H23FN5O4P.2C3H7.Ni/c1-8-35-42(38(52)48(69-35)62-27-57-40-44(62)58-49(60-46(40)64)59-45(63)28(2)3)72-73(67-23-22-53-5)68-24-36-41(37(51)47(70-36)61-26-56-39-29(4)54-25-55-43(39)61)71-50(30-12-10-9-11-13-30,31-14-18-33(65-6)19-15-31)32-16-20-34(66-7)21-17-32;1-20-28-30(35-18-34-20)37(19-36-28)31-27(33)29(26(17-38)41-31)42-32(21-7-5-4-6-8-21,22-9-13-24(39-2)14-10-22)23-11-15-25(40-3)16-12-23;1-5-8-11(26-27-4)9(17)15(25-8)22-6-18-10-12(22)19-16(21-14(10)24)20-13(23)7(2)3;2*1-3-2;/h9-21,25-28,35-38,41-42,47-48H,8,22-24H2,1-4,6-7H3,(H2,58,59,60,63,64);4-16,18-19,26-27,29,31,38H,17H2,1-3H3;6-9,11,15,27H,5H2,1-4H3,(H2,19,20,21,23,24);2*1,3H2,2H3;/q;;;2*-1;+2/t35-,36-,37+,38+,41?,42?,47-,48-,73?;26-,27+,29?,31-;8-,9+,11?,15-;;;/m111.../s1. The summed E-state index contributed by atoms with van der Waals surface area (Å²) in [7, 11) is 3.92. The van der Waals surface area contributed by atoms with Crippen molar-refractivity contribution in [2.45, 2.75) is 205 Å². The number of carbonyl (C=O) groups is 2. The van der Waals surface area contributed by atoms with Gasteiger partial charge in [0.25, 0.3) is 11.1 Å². The van der Waals surface area contributed by atoms with Crippen LogP contribution < -0.4 is 40.7 Å². The number of aliphatic hydroxyl groups is 1. The molecule has 45 heteroatoms. The van der Waals surface area contributed by atoms with Crippen LogP contribution in [0.2, 0.25) is 0 Å². The van der Waals surface area contributed by atoms with Gasteiger partial charge in [-0.05, 0) is 115 Å². The number of amides is 2. The number of anilines is 2. The van der Waals surface area contributed by atoms with Crippen LogP contribution in [0.25, 0.3) is 49.5 Å². The molecule has 0 spiro atoms. The Kier molecular flexibility index (Phi) is 39.8. The van der Waals surface area contributed by atoms with Gasteiger partial charge in [-0.25, -0.2) is 64.0 Å². The molecule has 794 valence electrons. The smallest absolute Gasteiger partial charge is 0.497 e. The number of imidazole rings is 4. The number of rotatable bonds is 35. The fraction of sp³-hybridized carbons (Fsp3) is 0.413. The third kappa shape index (κ3) is 24.7. The maximum absolute atomic E-state index is 18.0.